The molecule has 4 aromatic rings. The standard InChI is InChI=1S/C29H26O2S/c30-29(31-21-27(23-13-5-1-6-14-23)24-15-7-2-8-16-24)32-22-28(25-17-9-3-10-18-25)26-19-11-4-12-20-26/h1-20,27-28H,21-22H2. The highest BCUT2D eigenvalue weighted by Crippen LogP contribution is 2.30. The van der Waals surface area contributed by atoms with E-state index < -0.39 is 0 Å². The molecule has 160 valence electrons. The second-order valence-corrected chi connectivity index (χ2v) is 8.58. The smallest absolute Gasteiger partial charge is 0.367 e. The Morgan fingerprint density at radius 2 is 0.906 bits per heavy atom. The number of rotatable bonds is 8. The Balaban J connectivity index is 1.43. The summed E-state index contributed by atoms with van der Waals surface area (Å²) in [4.78, 5) is 12.7. The number of thioether (sulfide) groups is 1. The van der Waals surface area contributed by atoms with Crippen LogP contribution >= 0.6 is 11.8 Å². The van der Waals surface area contributed by atoms with Gasteiger partial charge in [-0.25, -0.2) is 4.79 Å². The Morgan fingerprint density at radius 3 is 1.28 bits per heavy atom. The van der Waals surface area contributed by atoms with Gasteiger partial charge in [-0.1, -0.05) is 121 Å². The van der Waals surface area contributed by atoms with Crippen LogP contribution in [0.3, 0.4) is 0 Å². The molecule has 3 heteroatoms. The molecule has 4 rings (SSSR count). The van der Waals surface area contributed by atoms with Gasteiger partial charge in [0, 0.05) is 17.6 Å². The lowest BCUT2D eigenvalue weighted by atomic mass is 9.92. The molecule has 0 saturated heterocycles. The summed E-state index contributed by atoms with van der Waals surface area (Å²) in [7, 11) is 0. The summed E-state index contributed by atoms with van der Waals surface area (Å²) in [5.41, 5.74) is 4.68. The third-order valence-electron chi connectivity index (χ3n) is 5.54. The van der Waals surface area contributed by atoms with Crippen LogP contribution in [0.1, 0.15) is 34.1 Å². The second-order valence-electron chi connectivity index (χ2n) is 7.62. The average Bonchev–Trinajstić information content (AvgIpc) is 2.87. The van der Waals surface area contributed by atoms with E-state index in [0.29, 0.717) is 12.4 Å². The monoisotopic (exact) mass is 438 g/mol. The van der Waals surface area contributed by atoms with E-state index in [2.05, 4.69) is 48.5 Å². The third kappa shape index (κ3) is 5.89. The van der Waals surface area contributed by atoms with Gasteiger partial charge in [-0.05, 0) is 34.0 Å². The van der Waals surface area contributed by atoms with Crippen LogP contribution in [0.25, 0.3) is 0 Å². The maximum absolute atomic E-state index is 12.7. The fraction of sp³-hybridized carbons (Fsp3) is 0.138. The van der Waals surface area contributed by atoms with Gasteiger partial charge in [0.05, 0.1) is 0 Å². The van der Waals surface area contributed by atoms with Crippen molar-refractivity contribution >= 4 is 17.1 Å². The Morgan fingerprint density at radius 1 is 0.562 bits per heavy atom. The van der Waals surface area contributed by atoms with Crippen LogP contribution < -0.4 is 0 Å². The molecule has 0 amide bonds. The molecule has 0 unspecified atom stereocenters. The van der Waals surface area contributed by atoms with Crippen LogP contribution in [0.2, 0.25) is 0 Å². The largest absolute Gasteiger partial charge is 0.457 e. The van der Waals surface area contributed by atoms with Crippen LogP contribution in [-0.2, 0) is 4.74 Å². The summed E-state index contributed by atoms with van der Waals surface area (Å²) >= 11 is 1.25. The van der Waals surface area contributed by atoms with Gasteiger partial charge >= 0.3 is 5.30 Å². The van der Waals surface area contributed by atoms with E-state index in [-0.39, 0.29) is 17.1 Å². The van der Waals surface area contributed by atoms with Gasteiger partial charge in [0.1, 0.15) is 6.61 Å². The van der Waals surface area contributed by atoms with Crippen molar-refractivity contribution in [1.29, 1.82) is 0 Å². The Kier molecular flexibility index (Phi) is 7.78. The Labute approximate surface area is 194 Å². The van der Waals surface area contributed by atoms with Crippen molar-refractivity contribution in [2.45, 2.75) is 11.8 Å². The van der Waals surface area contributed by atoms with Crippen LogP contribution in [0.4, 0.5) is 4.79 Å². The molecule has 32 heavy (non-hydrogen) atoms. The Hall–Kier alpha value is -3.30. The molecular weight excluding hydrogens is 412 g/mol. The number of hydrogen-bond acceptors (Lipinski definition) is 3. The SMILES string of the molecule is O=C(OCC(c1ccccc1)c1ccccc1)SCC(c1ccccc1)c1ccccc1. The second kappa shape index (κ2) is 11.4. The third-order valence-corrected chi connectivity index (χ3v) is 6.40. The zero-order chi connectivity index (χ0) is 22.0. The van der Waals surface area contributed by atoms with Gasteiger partial charge in [0.15, 0.2) is 0 Å². The Bertz CT molecular complexity index is 915. The molecule has 0 aromatic heterocycles. The van der Waals surface area contributed by atoms with Crippen molar-refractivity contribution in [2.75, 3.05) is 12.4 Å². The minimum Gasteiger partial charge on any atom is -0.457 e. The van der Waals surface area contributed by atoms with Gasteiger partial charge in [0.2, 0.25) is 0 Å². The summed E-state index contributed by atoms with van der Waals surface area (Å²) in [6.07, 6.45) is 0. The quantitative estimate of drug-likeness (QED) is 0.266. The van der Waals surface area contributed by atoms with E-state index >= 15 is 0 Å². The molecule has 0 fully saturated rings. The highest BCUT2D eigenvalue weighted by molar-refractivity contribution is 8.13. The summed E-state index contributed by atoms with van der Waals surface area (Å²) < 4.78 is 5.76. The molecule has 0 aliphatic carbocycles. The topological polar surface area (TPSA) is 26.3 Å². The summed E-state index contributed by atoms with van der Waals surface area (Å²) in [6, 6.07) is 41.1. The van der Waals surface area contributed by atoms with Crippen molar-refractivity contribution in [1.82, 2.24) is 0 Å². The first-order valence-corrected chi connectivity index (χ1v) is 11.8. The molecule has 0 aliphatic heterocycles. The average molecular weight is 439 g/mol. The molecule has 0 N–H and O–H groups in total. The van der Waals surface area contributed by atoms with Crippen molar-refractivity contribution < 1.29 is 9.53 Å². The molecule has 0 aliphatic rings. The lowest BCUT2D eigenvalue weighted by molar-refractivity contribution is 0.171. The zero-order valence-corrected chi connectivity index (χ0v) is 18.7. The minimum absolute atomic E-state index is 0.0148. The normalized spacial score (nSPS) is 10.9. The van der Waals surface area contributed by atoms with E-state index in [4.69, 9.17) is 4.74 Å². The van der Waals surface area contributed by atoms with Gasteiger partial charge in [-0.3, -0.25) is 0 Å². The van der Waals surface area contributed by atoms with Gasteiger partial charge in [-0.2, -0.15) is 0 Å². The fourth-order valence-electron chi connectivity index (χ4n) is 3.86. The summed E-state index contributed by atoms with van der Waals surface area (Å²) in [5.74, 6) is 0.781. The van der Waals surface area contributed by atoms with E-state index in [9.17, 15) is 4.79 Å². The minimum atomic E-state index is -0.237. The first kappa shape index (κ1) is 21.9. The highest BCUT2D eigenvalue weighted by Gasteiger charge is 2.19. The highest BCUT2D eigenvalue weighted by atomic mass is 32.2. The van der Waals surface area contributed by atoms with Crippen molar-refractivity contribution in [3.05, 3.63) is 144 Å². The lowest BCUT2D eigenvalue weighted by Crippen LogP contribution is -2.13. The first-order valence-electron chi connectivity index (χ1n) is 10.8. The molecule has 0 spiro atoms. The summed E-state index contributed by atoms with van der Waals surface area (Å²) in [6.45, 7) is 0.321. The van der Waals surface area contributed by atoms with Crippen molar-refractivity contribution in [3.8, 4) is 0 Å². The van der Waals surface area contributed by atoms with E-state index in [1.54, 1.807) is 0 Å². The van der Waals surface area contributed by atoms with Crippen LogP contribution in [0.15, 0.2) is 121 Å². The number of ether oxygens (including phenoxy) is 1. The van der Waals surface area contributed by atoms with Crippen LogP contribution in [0.5, 0.6) is 0 Å². The fourth-order valence-corrected chi connectivity index (χ4v) is 4.69. The van der Waals surface area contributed by atoms with Gasteiger partial charge < -0.3 is 4.74 Å². The number of carbonyl (C=O) groups excluding carboxylic acids is 1. The number of benzene rings is 4. The molecule has 0 heterocycles. The predicted octanol–water partition coefficient (Wildman–Crippen LogP) is 7.52. The first-order chi connectivity index (χ1) is 15.8. The zero-order valence-electron chi connectivity index (χ0n) is 17.8. The van der Waals surface area contributed by atoms with E-state index in [1.807, 2.05) is 72.8 Å². The molecule has 4 aromatic carbocycles. The van der Waals surface area contributed by atoms with Crippen LogP contribution in [-0.4, -0.2) is 17.7 Å². The van der Waals surface area contributed by atoms with Crippen molar-refractivity contribution in [3.63, 3.8) is 0 Å². The van der Waals surface area contributed by atoms with E-state index in [0.717, 1.165) is 11.1 Å². The maximum atomic E-state index is 12.7. The lowest BCUT2D eigenvalue weighted by Gasteiger charge is -2.19. The molecule has 0 atom stereocenters. The predicted molar refractivity (Wildman–Crippen MR) is 133 cm³/mol. The number of carbonyl (C=O) groups is 1. The molecular formula is C29H26O2S. The molecule has 0 bridgehead atoms. The van der Waals surface area contributed by atoms with Gasteiger partial charge in [0.25, 0.3) is 0 Å². The molecule has 0 radical (unpaired) electrons. The molecule has 0 saturated carbocycles. The van der Waals surface area contributed by atoms with Crippen molar-refractivity contribution in [2.24, 2.45) is 0 Å². The van der Waals surface area contributed by atoms with Crippen LogP contribution in [0, 0.1) is 0 Å². The maximum Gasteiger partial charge on any atom is 0.367 e. The molecule has 2 nitrogen and oxygen atoms in total. The number of hydrogen-bond donors (Lipinski definition) is 0. The van der Waals surface area contributed by atoms with E-state index in [1.165, 1.54) is 22.9 Å². The summed E-state index contributed by atoms with van der Waals surface area (Å²) in [5, 5.41) is -0.237. The van der Waals surface area contributed by atoms with Gasteiger partial charge in [-0.15, -0.1) is 0 Å².